The van der Waals surface area contributed by atoms with Crippen molar-refractivity contribution in [3.63, 3.8) is 0 Å². The highest BCUT2D eigenvalue weighted by molar-refractivity contribution is 7.91. The number of pyridine rings is 3. The SMILES string of the molecule is CC(C)(C)OC=O.CCc1cc(-c2cc(F)c(CS(=O)(=O)c3ccccc3Cl)nc2OC)cc2cnc(F)nc12.CCc1cc(-c2cc(F)c(CS(=O)(=O)c3ccccc3Cl)nc2OC)cc2cnc(NC3CCC(CC)CC3)nc12.CCc1cc(-c2cc(F)c(CS(=O)(=O)c3ccccc3Cl)nc2OC)cc2cnc(NC3CCC(N(C)C(=O)OC(C)(C)C)CC3)nc12.CNC1CCC(N)CC1. The third kappa shape index (κ3) is 28.2. The number of rotatable bonds is 26. The molecule has 3 aliphatic carbocycles. The van der Waals surface area contributed by atoms with Crippen molar-refractivity contribution in [3.05, 3.63) is 218 Å². The summed E-state index contributed by atoms with van der Waals surface area (Å²) in [6.07, 6.45) is 19.8. The topological polar surface area (TPSA) is 364 Å². The Hall–Kier alpha value is -11.1. The number of nitrogens with one attached hydrogen (secondary N) is 3. The number of carbonyl (C=O) groups is 2. The summed E-state index contributed by atoms with van der Waals surface area (Å²) >= 11 is 18.2. The number of aromatic nitrogens is 9. The van der Waals surface area contributed by atoms with Crippen LogP contribution in [0.2, 0.25) is 15.1 Å². The Balaban J connectivity index is 0.000000185. The summed E-state index contributed by atoms with van der Waals surface area (Å²) < 4.78 is 164. The number of nitrogens with zero attached hydrogens (tertiary/aromatic N) is 10. The summed E-state index contributed by atoms with van der Waals surface area (Å²) in [5.41, 5.74) is 11.7. The van der Waals surface area contributed by atoms with Gasteiger partial charge in [-0.25, -0.2) is 88.1 Å². The number of fused-ring (bicyclic) bond motifs is 3. The van der Waals surface area contributed by atoms with Crippen LogP contribution in [0.25, 0.3) is 66.1 Å². The van der Waals surface area contributed by atoms with Gasteiger partial charge in [0.15, 0.2) is 29.5 Å². The molecule has 0 saturated heterocycles. The number of hydrogen-bond donors (Lipinski definition) is 4. The predicted octanol–water partition coefficient (Wildman–Crippen LogP) is 21.6. The zero-order valence-corrected chi connectivity index (χ0v) is 84.8. The lowest BCUT2D eigenvalue weighted by atomic mass is 9.85. The lowest BCUT2D eigenvalue weighted by Crippen LogP contribution is -2.43. The molecule has 0 spiro atoms. The number of halogens is 7. The van der Waals surface area contributed by atoms with E-state index in [1.807, 2.05) is 93.6 Å². The standard InChI is InChI=1S/C35H41ClFN5O5S.C31H34ClFN4O3S.C23H18ClF2N3O3S.C7H16N2.C5H10O2/c1-7-21-16-22(26-18-28(37)29(40-32(26)46-6)20-48(44,45)30-11-9-8-10-27(30)36)17-23-19-38-33(41-31(21)23)39-24-12-14-25(15-13-24)42(5)34(43)47-35(2,3)4;1-4-19-10-12-23(13-11-19)35-31-34-17-22-15-21(14-20(5-2)29(22)37-31)24-16-26(33)27(36-30(24)40-3)18-41(38,39)28-9-7-6-8-25(28)32;1-3-13-8-14(9-15-11-27-23(26)29-21(13)15)16-10-18(25)19(28-22(16)32-2)12-33(30,31)20-7-5-4-6-17(20)24;1-9-7-4-2-6(8)3-5-7;1-5(2,3)7-4-6/h8-11,16-19,24-25H,7,12-15,20H2,1-6H3,(H,38,39,41);6-9,14-17,19,23H,4-5,10-13,18H2,1-3H3,(H,34,35,37);4-11H,3,12H2,1-2H3;6-7,9H,2-5,8H2,1H3;4H,1-3H3. The predicted molar refractivity (Wildman–Crippen MR) is 532 cm³/mol. The van der Waals surface area contributed by atoms with Crippen molar-refractivity contribution < 1.29 is 76.1 Å². The van der Waals surface area contributed by atoms with E-state index in [-0.39, 0.29) is 88.3 Å². The van der Waals surface area contributed by atoms with E-state index in [1.165, 1.54) is 133 Å². The van der Waals surface area contributed by atoms with Gasteiger partial charge in [0.05, 0.1) is 84.7 Å². The van der Waals surface area contributed by atoms with Crippen molar-refractivity contribution in [3.8, 4) is 51.0 Å². The van der Waals surface area contributed by atoms with Gasteiger partial charge >= 0.3 is 12.2 Å². The molecular formula is C101H119Cl3F4N14O13S3. The molecule has 3 aliphatic rings. The van der Waals surface area contributed by atoms with Gasteiger partial charge in [0, 0.05) is 88.7 Å². The summed E-state index contributed by atoms with van der Waals surface area (Å²) in [5, 5.41) is 12.6. The van der Waals surface area contributed by atoms with E-state index < -0.39 is 75.9 Å². The molecule has 12 aromatic rings. The number of hydrogen-bond acceptors (Lipinski definition) is 26. The number of nitrogens with two attached hydrogens (primary N) is 1. The second-order valence-electron chi connectivity index (χ2n) is 36.0. The van der Waals surface area contributed by atoms with Gasteiger partial charge in [0.2, 0.25) is 29.5 Å². The molecule has 0 radical (unpaired) electrons. The highest BCUT2D eigenvalue weighted by atomic mass is 35.5. The largest absolute Gasteiger partial charge is 0.481 e. The first kappa shape index (κ1) is 107. The molecule has 3 saturated carbocycles. The summed E-state index contributed by atoms with van der Waals surface area (Å²) in [6, 6.07) is 34.6. The average molecular weight is 2020 g/mol. The maximum absolute atomic E-state index is 15.5. The van der Waals surface area contributed by atoms with Gasteiger partial charge in [-0.1, -0.05) is 105 Å². The van der Waals surface area contributed by atoms with E-state index >= 15 is 13.2 Å². The van der Waals surface area contributed by atoms with Gasteiger partial charge in [-0.15, -0.1) is 0 Å². The molecule has 0 bridgehead atoms. The number of anilines is 2. The normalized spacial score (nSPS) is 16.8. The van der Waals surface area contributed by atoms with Gasteiger partial charge in [0.25, 0.3) is 6.47 Å². The number of methoxy groups -OCH3 is 3. The fourth-order valence-corrected chi connectivity index (χ4v) is 22.1. The summed E-state index contributed by atoms with van der Waals surface area (Å²) in [7, 11) is -3.86. The van der Waals surface area contributed by atoms with Gasteiger partial charge < -0.3 is 50.3 Å². The number of amides is 1. The van der Waals surface area contributed by atoms with Crippen molar-refractivity contribution in [2.45, 2.75) is 245 Å². The fraction of sp³-hybridized carbons (Fsp3) is 0.416. The third-order valence-corrected chi connectivity index (χ3v) is 30.4. The first-order valence-electron chi connectivity index (χ1n) is 45.7. The van der Waals surface area contributed by atoms with Crippen molar-refractivity contribution in [1.29, 1.82) is 0 Å². The fourth-order valence-electron chi connectivity index (χ4n) is 16.6. The second kappa shape index (κ2) is 47.7. The third-order valence-electron chi connectivity index (χ3n) is 24.0. The van der Waals surface area contributed by atoms with Crippen LogP contribution in [0, 0.1) is 29.4 Å². The maximum atomic E-state index is 15.5. The minimum Gasteiger partial charge on any atom is -0.481 e. The number of benzene rings is 6. The Kier molecular flexibility index (Phi) is 37.1. The molecule has 138 heavy (non-hydrogen) atoms. The molecule has 0 unspecified atom stereocenters. The minimum absolute atomic E-state index is 0.0448. The first-order valence-corrected chi connectivity index (χ1v) is 51.8. The number of sulfone groups is 3. The summed E-state index contributed by atoms with van der Waals surface area (Å²) in [6.45, 7) is 19.7. The summed E-state index contributed by atoms with van der Waals surface area (Å²) in [4.78, 5) is 62.5. The molecule has 5 N–H and O–H groups in total. The second-order valence-corrected chi connectivity index (χ2v) is 43.1. The van der Waals surface area contributed by atoms with E-state index in [0.717, 1.165) is 89.0 Å². The Bertz CT molecular complexity index is 6690. The smallest absolute Gasteiger partial charge is 0.410 e. The molecule has 27 nitrogen and oxygen atoms in total. The molecule has 37 heteroatoms. The highest BCUT2D eigenvalue weighted by Crippen LogP contribution is 2.41. The van der Waals surface area contributed by atoms with Crippen molar-refractivity contribution in [2.24, 2.45) is 11.7 Å². The summed E-state index contributed by atoms with van der Waals surface area (Å²) in [5.74, 6) is -2.14. The molecule has 0 atom stereocenters. The van der Waals surface area contributed by atoms with Crippen LogP contribution in [-0.2, 0) is 80.3 Å². The molecule has 6 heterocycles. The Morgan fingerprint density at radius 2 is 0.812 bits per heavy atom. The average Bonchev–Trinajstić information content (AvgIpc) is 0.777. The van der Waals surface area contributed by atoms with Crippen LogP contribution in [0.1, 0.15) is 186 Å². The van der Waals surface area contributed by atoms with Crippen LogP contribution in [0.4, 0.5) is 34.3 Å². The van der Waals surface area contributed by atoms with Gasteiger partial charge in [0.1, 0.15) is 45.9 Å². The molecule has 0 aliphatic heterocycles. The van der Waals surface area contributed by atoms with E-state index in [9.17, 15) is 39.2 Å². The van der Waals surface area contributed by atoms with Crippen molar-refractivity contribution in [1.82, 2.24) is 55.1 Å². The Morgan fingerprint density at radius 3 is 1.12 bits per heavy atom. The van der Waals surface area contributed by atoms with E-state index in [1.54, 1.807) is 66.8 Å². The van der Waals surface area contributed by atoms with Crippen LogP contribution >= 0.6 is 34.8 Å². The molecular weight excluding hydrogens is 1900 g/mol. The van der Waals surface area contributed by atoms with E-state index in [2.05, 4.69) is 62.5 Å². The van der Waals surface area contributed by atoms with Crippen LogP contribution in [-0.4, -0.2) is 164 Å². The Labute approximate surface area is 819 Å². The molecule has 738 valence electrons. The van der Waals surface area contributed by atoms with E-state index in [4.69, 9.17) is 69.5 Å². The molecule has 6 aromatic heterocycles. The Morgan fingerprint density at radius 1 is 0.471 bits per heavy atom. The molecule has 1 amide bonds. The van der Waals surface area contributed by atoms with Gasteiger partial charge in [-0.05, 0) is 275 Å². The van der Waals surface area contributed by atoms with Gasteiger partial charge in [-0.2, -0.15) is 4.39 Å². The molecule has 6 aromatic carbocycles. The van der Waals surface area contributed by atoms with Gasteiger partial charge in [-0.3, -0.25) is 4.79 Å². The van der Waals surface area contributed by atoms with Crippen LogP contribution < -0.4 is 35.9 Å². The van der Waals surface area contributed by atoms with Crippen LogP contribution in [0.3, 0.4) is 0 Å². The quantitative estimate of drug-likeness (QED) is 0.0222. The minimum atomic E-state index is -3.97. The number of carbonyl (C=O) groups excluding carboxylic acids is 2. The first-order chi connectivity index (χ1) is 65.5. The van der Waals surface area contributed by atoms with Crippen molar-refractivity contribution >= 4 is 121 Å². The number of ether oxygens (including phenoxy) is 5. The monoisotopic (exact) mass is 2010 g/mol. The lowest BCUT2D eigenvalue weighted by Gasteiger charge is -2.35. The van der Waals surface area contributed by atoms with Crippen LogP contribution in [0.15, 0.2) is 161 Å². The highest BCUT2D eigenvalue weighted by Gasteiger charge is 2.33. The lowest BCUT2D eigenvalue weighted by molar-refractivity contribution is -0.138. The van der Waals surface area contributed by atoms with E-state index in [0.29, 0.717) is 94.0 Å². The zero-order valence-electron chi connectivity index (χ0n) is 80.1. The van der Waals surface area contributed by atoms with Crippen molar-refractivity contribution in [2.75, 3.05) is 46.1 Å². The zero-order chi connectivity index (χ0) is 100. The molecule has 15 rings (SSSR count). The maximum Gasteiger partial charge on any atom is 0.410 e. The van der Waals surface area contributed by atoms with Crippen LogP contribution in [0.5, 0.6) is 17.6 Å². The number of aryl methyl sites for hydroxylation is 3. The molecule has 3 fully saturated rings.